The van der Waals surface area contributed by atoms with Gasteiger partial charge in [0.1, 0.15) is 0 Å². The van der Waals surface area contributed by atoms with Crippen molar-refractivity contribution in [2.24, 2.45) is 0 Å². The highest BCUT2D eigenvalue weighted by Gasteiger charge is 2.20. The van der Waals surface area contributed by atoms with Gasteiger partial charge in [0, 0.05) is 24.2 Å². The summed E-state index contributed by atoms with van der Waals surface area (Å²) in [5.41, 5.74) is 1.08. The normalized spacial score (nSPS) is 17.9. The molecule has 1 unspecified atom stereocenters. The Morgan fingerprint density at radius 1 is 1.18 bits per heavy atom. The number of rotatable bonds is 4. The van der Waals surface area contributed by atoms with Gasteiger partial charge in [-0.2, -0.15) is 0 Å². The summed E-state index contributed by atoms with van der Waals surface area (Å²) in [5, 5.41) is 0.764. The molecule has 1 aromatic carbocycles. The van der Waals surface area contributed by atoms with Crippen molar-refractivity contribution < 1.29 is 4.79 Å². The van der Waals surface area contributed by atoms with Crippen LogP contribution in [0.5, 0.6) is 0 Å². The lowest BCUT2D eigenvalue weighted by atomic mass is 10.1. The van der Waals surface area contributed by atoms with Crippen LogP contribution < -0.4 is 0 Å². The third-order valence-corrected chi connectivity index (χ3v) is 4.95. The minimum absolute atomic E-state index is 0.132. The number of likely N-dealkylation sites (N-methyl/N-ethyl adjacent to an activating group) is 1. The van der Waals surface area contributed by atoms with Crippen LogP contribution in [-0.4, -0.2) is 42.4 Å². The van der Waals surface area contributed by atoms with E-state index in [9.17, 15) is 4.79 Å². The fraction of sp³-hybridized carbons (Fsp3) is 0.611. The molecule has 2 rings (SSSR count). The van der Waals surface area contributed by atoms with Crippen molar-refractivity contribution in [1.82, 2.24) is 9.80 Å². The molecule has 1 fully saturated rings. The maximum absolute atomic E-state index is 12.5. The van der Waals surface area contributed by atoms with Crippen molar-refractivity contribution in [1.29, 1.82) is 0 Å². The lowest BCUT2D eigenvalue weighted by Crippen LogP contribution is -2.41. The van der Waals surface area contributed by atoms with E-state index in [0.717, 1.165) is 36.5 Å². The van der Waals surface area contributed by atoms with Crippen molar-refractivity contribution in [2.75, 3.05) is 26.7 Å². The molecule has 0 aromatic heterocycles. The Morgan fingerprint density at radius 3 is 2.41 bits per heavy atom. The number of nitrogens with zero attached hydrogens (tertiary/aromatic N) is 2. The van der Waals surface area contributed by atoms with E-state index in [1.165, 1.54) is 19.3 Å². The molecule has 1 amide bonds. The van der Waals surface area contributed by atoms with Gasteiger partial charge in [-0.1, -0.05) is 49.1 Å². The van der Waals surface area contributed by atoms with Crippen LogP contribution in [0.15, 0.2) is 24.3 Å². The van der Waals surface area contributed by atoms with Gasteiger partial charge in [0.2, 0.25) is 5.91 Å². The highest BCUT2D eigenvalue weighted by Crippen LogP contribution is 2.26. The van der Waals surface area contributed by atoms with Gasteiger partial charge >= 0.3 is 0 Å². The topological polar surface area (TPSA) is 23.6 Å². The second-order valence-corrected chi connectivity index (χ2v) is 6.67. The van der Waals surface area contributed by atoms with Gasteiger partial charge in [0.05, 0.1) is 6.54 Å². The number of benzene rings is 1. The maximum atomic E-state index is 12.5. The van der Waals surface area contributed by atoms with Crippen LogP contribution >= 0.6 is 11.6 Å². The molecule has 0 radical (unpaired) electrons. The quantitative estimate of drug-likeness (QED) is 0.832. The summed E-state index contributed by atoms with van der Waals surface area (Å²) in [6, 6.07) is 7.99. The number of amides is 1. The molecule has 1 aliphatic heterocycles. The van der Waals surface area contributed by atoms with Crippen LogP contribution in [0.25, 0.3) is 0 Å². The molecule has 3 nitrogen and oxygen atoms in total. The highest BCUT2D eigenvalue weighted by molar-refractivity contribution is 6.31. The maximum Gasteiger partial charge on any atom is 0.236 e. The molecule has 1 aromatic rings. The molecule has 1 heterocycles. The SMILES string of the molecule is CC(c1ccccc1Cl)N(C)CC(=O)N1CCCCCCC1. The smallest absolute Gasteiger partial charge is 0.236 e. The molecular weight excluding hydrogens is 296 g/mol. The monoisotopic (exact) mass is 322 g/mol. The average molecular weight is 323 g/mol. The average Bonchev–Trinajstić information content (AvgIpc) is 2.46. The number of likely N-dealkylation sites (tertiary alicyclic amines) is 1. The Kier molecular flexibility index (Phi) is 6.71. The molecule has 22 heavy (non-hydrogen) atoms. The molecular formula is C18H27ClN2O. The van der Waals surface area contributed by atoms with Crippen LogP contribution in [0.4, 0.5) is 0 Å². The molecule has 0 N–H and O–H groups in total. The van der Waals surface area contributed by atoms with Gasteiger partial charge in [0.25, 0.3) is 0 Å². The Labute approximate surface area is 139 Å². The predicted molar refractivity (Wildman–Crippen MR) is 92.2 cm³/mol. The van der Waals surface area contributed by atoms with Crippen molar-refractivity contribution >= 4 is 17.5 Å². The van der Waals surface area contributed by atoms with E-state index >= 15 is 0 Å². The van der Waals surface area contributed by atoms with Crippen molar-refractivity contribution in [3.8, 4) is 0 Å². The van der Waals surface area contributed by atoms with Gasteiger partial charge in [-0.25, -0.2) is 0 Å². The standard InChI is InChI=1S/C18H27ClN2O/c1-15(16-10-6-7-11-17(16)19)20(2)14-18(22)21-12-8-4-3-5-9-13-21/h6-7,10-11,15H,3-5,8-9,12-14H2,1-2H3. The summed E-state index contributed by atoms with van der Waals surface area (Å²) < 4.78 is 0. The number of carbonyl (C=O) groups excluding carboxylic acids is 1. The molecule has 1 saturated heterocycles. The molecule has 122 valence electrons. The zero-order valence-corrected chi connectivity index (χ0v) is 14.5. The van der Waals surface area contributed by atoms with E-state index in [0.29, 0.717) is 6.54 Å². The third-order valence-electron chi connectivity index (χ3n) is 4.61. The third kappa shape index (κ3) is 4.72. The van der Waals surface area contributed by atoms with E-state index in [1.807, 2.05) is 36.2 Å². The summed E-state index contributed by atoms with van der Waals surface area (Å²) in [6.07, 6.45) is 6.07. The Balaban J connectivity index is 1.93. The molecule has 4 heteroatoms. The Bertz CT molecular complexity index is 484. The first-order chi connectivity index (χ1) is 10.6. The summed E-state index contributed by atoms with van der Waals surface area (Å²) in [7, 11) is 2.00. The van der Waals surface area contributed by atoms with E-state index in [-0.39, 0.29) is 11.9 Å². The molecule has 0 saturated carbocycles. The Morgan fingerprint density at radius 2 is 1.77 bits per heavy atom. The van der Waals surface area contributed by atoms with Crippen LogP contribution in [0.3, 0.4) is 0 Å². The number of hydrogen-bond donors (Lipinski definition) is 0. The molecule has 0 bridgehead atoms. The Hall–Kier alpha value is -1.06. The second kappa shape index (κ2) is 8.54. The summed E-state index contributed by atoms with van der Waals surface area (Å²) in [5.74, 6) is 0.239. The predicted octanol–water partition coefficient (Wildman–Crippen LogP) is 4.13. The van der Waals surface area contributed by atoms with Crippen LogP contribution in [-0.2, 0) is 4.79 Å². The van der Waals surface area contributed by atoms with Gasteiger partial charge < -0.3 is 4.90 Å². The molecule has 1 atom stereocenters. The van der Waals surface area contributed by atoms with Gasteiger partial charge in [-0.3, -0.25) is 9.69 Å². The van der Waals surface area contributed by atoms with E-state index in [4.69, 9.17) is 11.6 Å². The van der Waals surface area contributed by atoms with Gasteiger partial charge in [-0.15, -0.1) is 0 Å². The lowest BCUT2D eigenvalue weighted by Gasteiger charge is -2.30. The second-order valence-electron chi connectivity index (χ2n) is 6.26. The van der Waals surface area contributed by atoms with Crippen LogP contribution in [0, 0.1) is 0 Å². The van der Waals surface area contributed by atoms with Crippen molar-refractivity contribution in [3.05, 3.63) is 34.9 Å². The first-order valence-electron chi connectivity index (χ1n) is 8.32. The van der Waals surface area contributed by atoms with E-state index in [1.54, 1.807) is 0 Å². The van der Waals surface area contributed by atoms with E-state index in [2.05, 4.69) is 11.8 Å². The zero-order valence-electron chi connectivity index (χ0n) is 13.7. The summed E-state index contributed by atoms with van der Waals surface area (Å²) >= 11 is 6.27. The van der Waals surface area contributed by atoms with E-state index < -0.39 is 0 Å². The molecule has 0 spiro atoms. The molecule has 0 aliphatic carbocycles. The number of carbonyl (C=O) groups is 1. The highest BCUT2D eigenvalue weighted by atomic mass is 35.5. The largest absolute Gasteiger partial charge is 0.342 e. The summed E-state index contributed by atoms with van der Waals surface area (Å²) in [6.45, 7) is 4.37. The summed E-state index contributed by atoms with van der Waals surface area (Å²) in [4.78, 5) is 16.7. The fourth-order valence-electron chi connectivity index (χ4n) is 3.00. The van der Waals surface area contributed by atoms with Crippen molar-refractivity contribution in [3.63, 3.8) is 0 Å². The number of hydrogen-bond acceptors (Lipinski definition) is 2. The zero-order chi connectivity index (χ0) is 15.9. The van der Waals surface area contributed by atoms with Gasteiger partial charge in [0.15, 0.2) is 0 Å². The minimum atomic E-state index is 0.132. The van der Waals surface area contributed by atoms with Gasteiger partial charge in [-0.05, 0) is 38.4 Å². The van der Waals surface area contributed by atoms with Crippen LogP contribution in [0.1, 0.15) is 50.6 Å². The fourth-order valence-corrected chi connectivity index (χ4v) is 3.29. The molecule has 1 aliphatic rings. The number of halogens is 1. The first-order valence-corrected chi connectivity index (χ1v) is 8.70. The first kappa shape index (κ1) is 17.3. The van der Waals surface area contributed by atoms with Crippen molar-refractivity contribution in [2.45, 2.75) is 45.1 Å². The van der Waals surface area contributed by atoms with Crippen LogP contribution in [0.2, 0.25) is 5.02 Å². The minimum Gasteiger partial charge on any atom is -0.342 e. The lowest BCUT2D eigenvalue weighted by molar-refractivity contribution is -0.132.